The highest BCUT2D eigenvalue weighted by molar-refractivity contribution is 6.99. The molecule has 0 saturated heterocycles. The topological polar surface area (TPSA) is 29.5 Å². The van der Waals surface area contributed by atoms with Gasteiger partial charge in [-0.05, 0) is 41.1 Å². The third-order valence-corrected chi connectivity index (χ3v) is 10.4. The van der Waals surface area contributed by atoms with Gasteiger partial charge in [0.2, 0.25) is 0 Å². The first-order valence-electron chi connectivity index (χ1n) is 10.3. The number of aliphatic hydroxyl groups is 1. The maximum atomic E-state index is 9.26. The monoisotopic (exact) mass is 396 g/mol. The fourth-order valence-electron chi connectivity index (χ4n) is 3.98. The van der Waals surface area contributed by atoms with Crippen molar-refractivity contribution >= 4 is 18.7 Å². The van der Waals surface area contributed by atoms with Crippen LogP contribution in [0.25, 0.3) is 0 Å². The quantitative estimate of drug-likeness (QED) is 0.370. The predicted molar refractivity (Wildman–Crippen MR) is 123 cm³/mol. The summed E-state index contributed by atoms with van der Waals surface area (Å²) in [5.74, 6) is 0.314. The van der Waals surface area contributed by atoms with Crippen LogP contribution in [0.5, 0.6) is 0 Å². The highest BCUT2D eigenvalue weighted by Gasteiger charge is 2.49. The van der Waals surface area contributed by atoms with E-state index in [9.17, 15) is 5.11 Å². The van der Waals surface area contributed by atoms with Gasteiger partial charge < -0.3 is 9.53 Å². The lowest BCUT2D eigenvalue weighted by Gasteiger charge is -2.43. The fourth-order valence-corrected chi connectivity index (χ4v) is 8.56. The second kappa shape index (κ2) is 10.2. The van der Waals surface area contributed by atoms with Gasteiger partial charge in [0.25, 0.3) is 8.32 Å². The van der Waals surface area contributed by atoms with Crippen LogP contribution >= 0.6 is 0 Å². The van der Waals surface area contributed by atoms with Gasteiger partial charge in [-0.2, -0.15) is 0 Å². The minimum absolute atomic E-state index is 0.0138. The van der Waals surface area contributed by atoms with Crippen LogP contribution in [0.3, 0.4) is 0 Å². The Labute approximate surface area is 172 Å². The van der Waals surface area contributed by atoms with E-state index in [1.807, 2.05) is 0 Å². The molecule has 0 heterocycles. The molecular weight excluding hydrogens is 360 g/mol. The molecule has 152 valence electrons. The van der Waals surface area contributed by atoms with E-state index in [4.69, 9.17) is 4.43 Å². The number of rotatable bonds is 9. The van der Waals surface area contributed by atoms with E-state index in [0.717, 1.165) is 12.8 Å². The molecule has 0 bridgehead atoms. The maximum Gasteiger partial charge on any atom is 0.261 e. The summed E-state index contributed by atoms with van der Waals surface area (Å²) in [6.45, 7) is 12.1. The number of hydrogen-bond donors (Lipinski definition) is 1. The van der Waals surface area contributed by atoms with Crippen molar-refractivity contribution in [1.82, 2.24) is 0 Å². The van der Waals surface area contributed by atoms with Gasteiger partial charge >= 0.3 is 0 Å². The Morgan fingerprint density at radius 2 is 1.50 bits per heavy atom. The Morgan fingerprint density at radius 3 is 1.93 bits per heavy atom. The van der Waals surface area contributed by atoms with E-state index in [-0.39, 0.29) is 11.6 Å². The van der Waals surface area contributed by atoms with Gasteiger partial charge in [0.1, 0.15) is 0 Å². The summed E-state index contributed by atoms with van der Waals surface area (Å²) in [6.07, 6.45) is 4.11. The molecule has 2 rings (SSSR count). The summed E-state index contributed by atoms with van der Waals surface area (Å²) in [4.78, 5) is 0. The van der Waals surface area contributed by atoms with Crippen molar-refractivity contribution in [2.45, 2.75) is 52.5 Å². The lowest BCUT2D eigenvalue weighted by Crippen LogP contribution is -2.66. The molecule has 28 heavy (non-hydrogen) atoms. The number of hydrogen-bond acceptors (Lipinski definition) is 2. The predicted octanol–water partition coefficient (Wildman–Crippen LogP) is 4.92. The molecule has 0 spiro atoms. The van der Waals surface area contributed by atoms with Gasteiger partial charge in [0.05, 0.1) is 0 Å². The van der Waals surface area contributed by atoms with Crippen molar-refractivity contribution in [2.75, 3.05) is 13.2 Å². The van der Waals surface area contributed by atoms with E-state index >= 15 is 0 Å². The first-order chi connectivity index (χ1) is 13.3. The fraction of sp³-hybridized carbons (Fsp3) is 0.440. The minimum Gasteiger partial charge on any atom is -0.407 e. The molecule has 0 aliphatic carbocycles. The average molecular weight is 397 g/mol. The van der Waals surface area contributed by atoms with Crippen LogP contribution in [0.15, 0.2) is 72.3 Å². The number of allylic oxidation sites excluding steroid dienone is 1. The summed E-state index contributed by atoms with van der Waals surface area (Å²) < 4.78 is 6.89. The molecule has 0 amide bonds. The molecule has 0 aliphatic heterocycles. The number of aliphatic hydroxyl groups excluding tert-OH is 1. The average Bonchev–Trinajstić information content (AvgIpc) is 2.68. The molecule has 0 aliphatic rings. The Hall–Kier alpha value is -1.68. The lowest BCUT2D eigenvalue weighted by molar-refractivity contribution is 0.236. The molecule has 2 aromatic rings. The molecule has 0 saturated carbocycles. The molecule has 0 radical (unpaired) electrons. The zero-order valence-electron chi connectivity index (χ0n) is 18.1. The van der Waals surface area contributed by atoms with Gasteiger partial charge in [0.15, 0.2) is 0 Å². The van der Waals surface area contributed by atoms with Gasteiger partial charge in [-0.25, -0.2) is 0 Å². The molecular formula is C25H36O2Si. The molecule has 2 aromatic carbocycles. The maximum absolute atomic E-state index is 9.26. The Bertz CT molecular complexity index is 693. The van der Waals surface area contributed by atoms with Crippen molar-refractivity contribution in [3.05, 3.63) is 72.3 Å². The second-order valence-corrected chi connectivity index (χ2v) is 13.1. The van der Waals surface area contributed by atoms with E-state index in [1.165, 1.54) is 15.9 Å². The van der Waals surface area contributed by atoms with Crippen LogP contribution in [-0.4, -0.2) is 26.6 Å². The van der Waals surface area contributed by atoms with Crippen LogP contribution in [-0.2, 0) is 4.43 Å². The number of benzene rings is 2. The molecule has 1 N–H and O–H groups in total. The highest BCUT2D eigenvalue weighted by atomic mass is 28.4. The molecule has 0 unspecified atom stereocenters. The third-order valence-electron chi connectivity index (χ3n) is 5.33. The van der Waals surface area contributed by atoms with Crippen molar-refractivity contribution in [1.29, 1.82) is 0 Å². The van der Waals surface area contributed by atoms with E-state index in [0.29, 0.717) is 12.5 Å². The zero-order chi connectivity index (χ0) is 20.6. The van der Waals surface area contributed by atoms with Gasteiger partial charge in [0, 0.05) is 13.2 Å². The van der Waals surface area contributed by atoms with E-state index < -0.39 is 8.32 Å². The first kappa shape index (κ1) is 22.6. The normalized spacial score (nSPS) is 14.1. The van der Waals surface area contributed by atoms with Crippen LogP contribution in [0.4, 0.5) is 0 Å². The molecule has 0 aromatic heterocycles. The van der Waals surface area contributed by atoms with Crippen LogP contribution in [0.1, 0.15) is 47.5 Å². The second-order valence-electron chi connectivity index (χ2n) is 8.84. The van der Waals surface area contributed by atoms with Crippen molar-refractivity contribution in [3.63, 3.8) is 0 Å². The SMILES string of the molecule is C/C(=C\CCO[Si](c1ccccc1)(c1ccccc1)C(C)(C)C)C[C@@H](C)CO. The third kappa shape index (κ3) is 5.44. The Balaban J connectivity index is 2.31. The molecule has 0 fully saturated rings. The van der Waals surface area contributed by atoms with Gasteiger partial charge in [-0.15, -0.1) is 0 Å². The summed E-state index contributed by atoms with van der Waals surface area (Å²) >= 11 is 0. The summed E-state index contributed by atoms with van der Waals surface area (Å²) in [5.41, 5.74) is 1.33. The smallest absolute Gasteiger partial charge is 0.261 e. The summed E-state index contributed by atoms with van der Waals surface area (Å²) in [7, 11) is -2.43. The van der Waals surface area contributed by atoms with Crippen molar-refractivity contribution < 1.29 is 9.53 Å². The molecule has 3 heteroatoms. The van der Waals surface area contributed by atoms with Crippen molar-refractivity contribution in [2.24, 2.45) is 5.92 Å². The van der Waals surface area contributed by atoms with Gasteiger partial charge in [-0.3, -0.25) is 0 Å². The lowest BCUT2D eigenvalue weighted by atomic mass is 10.0. The molecule has 2 nitrogen and oxygen atoms in total. The first-order valence-corrected chi connectivity index (χ1v) is 12.2. The largest absolute Gasteiger partial charge is 0.407 e. The van der Waals surface area contributed by atoms with Crippen LogP contribution in [0, 0.1) is 5.92 Å². The highest BCUT2D eigenvalue weighted by Crippen LogP contribution is 2.36. The van der Waals surface area contributed by atoms with Crippen molar-refractivity contribution in [3.8, 4) is 0 Å². The van der Waals surface area contributed by atoms with E-state index in [2.05, 4.69) is 101 Å². The van der Waals surface area contributed by atoms with Gasteiger partial charge in [-0.1, -0.05) is 100 Å². The van der Waals surface area contributed by atoms with Crippen LogP contribution in [0.2, 0.25) is 5.04 Å². The molecule has 1 atom stereocenters. The Morgan fingerprint density at radius 1 is 1.00 bits per heavy atom. The minimum atomic E-state index is -2.43. The summed E-state index contributed by atoms with van der Waals surface area (Å²) in [5, 5.41) is 11.9. The Kier molecular flexibility index (Phi) is 8.23. The van der Waals surface area contributed by atoms with Crippen LogP contribution < -0.4 is 10.4 Å². The standard InChI is InChI=1S/C25H36O2Si/c1-21(19-22(2)20-26)13-12-18-27-28(25(3,4)5,23-14-8-6-9-15-23)24-16-10-7-11-17-24/h6-11,13-17,22,26H,12,18-20H2,1-5H3/b21-13+/t22-/m1/s1. The zero-order valence-corrected chi connectivity index (χ0v) is 19.1. The van der Waals surface area contributed by atoms with E-state index in [1.54, 1.807) is 0 Å². The summed E-state index contributed by atoms with van der Waals surface area (Å²) in [6, 6.07) is 21.6.